The number of nitrogens with zero attached hydrogens (tertiary/aromatic N) is 2. The van der Waals surface area contributed by atoms with E-state index in [4.69, 9.17) is 15.0 Å². The van der Waals surface area contributed by atoms with Crippen molar-refractivity contribution in [3.63, 3.8) is 0 Å². The number of aromatic nitrogens is 2. The number of rotatable bonds is 7. The smallest absolute Gasteiger partial charge is 0.246 e. The van der Waals surface area contributed by atoms with E-state index in [0.29, 0.717) is 11.6 Å². The minimum Gasteiger partial charge on any atom is -0.485 e. The fourth-order valence-corrected chi connectivity index (χ4v) is 1.71. The van der Waals surface area contributed by atoms with E-state index in [-0.39, 0.29) is 36.7 Å². The summed E-state index contributed by atoms with van der Waals surface area (Å²) >= 11 is 0. The van der Waals surface area contributed by atoms with E-state index in [9.17, 15) is 9.18 Å². The predicted octanol–water partition coefficient (Wildman–Crippen LogP) is 1.39. The van der Waals surface area contributed by atoms with Crippen molar-refractivity contribution >= 4 is 5.91 Å². The third-order valence-electron chi connectivity index (χ3n) is 3.11. The van der Waals surface area contributed by atoms with Crippen molar-refractivity contribution in [2.45, 2.75) is 33.0 Å². The third-order valence-corrected chi connectivity index (χ3v) is 3.11. The lowest BCUT2D eigenvalue weighted by molar-refractivity contribution is -0.123. The SMILES string of the molecule is CC(C)[C@H](N)C(=O)NCc1nc(COc2cccc(F)c2)no1. The van der Waals surface area contributed by atoms with Gasteiger partial charge in [0.15, 0.2) is 6.61 Å². The number of halogens is 1. The molecule has 7 nitrogen and oxygen atoms in total. The largest absolute Gasteiger partial charge is 0.485 e. The van der Waals surface area contributed by atoms with E-state index >= 15 is 0 Å². The highest BCUT2D eigenvalue weighted by atomic mass is 19.1. The summed E-state index contributed by atoms with van der Waals surface area (Å²) in [4.78, 5) is 15.8. The topological polar surface area (TPSA) is 103 Å². The van der Waals surface area contributed by atoms with Crippen molar-refractivity contribution in [3.8, 4) is 5.75 Å². The molecule has 0 aliphatic carbocycles. The standard InChI is InChI=1S/C15H19FN4O3/c1-9(2)14(17)15(21)18-7-13-19-12(20-23-13)8-22-11-5-3-4-10(16)6-11/h3-6,9,14H,7-8,17H2,1-2H3,(H,18,21)/t14-/m0/s1. The van der Waals surface area contributed by atoms with Gasteiger partial charge in [0.1, 0.15) is 11.6 Å². The van der Waals surface area contributed by atoms with Gasteiger partial charge in [0.05, 0.1) is 12.6 Å². The number of carbonyl (C=O) groups is 1. The summed E-state index contributed by atoms with van der Waals surface area (Å²) in [7, 11) is 0. The molecular weight excluding hydrogens is 303 g/mol. The Balaban J connectivity index is 1.82. The summed E-state index contributed by atoms with van der Waals surface area (Å²) in [6.07, 6.45) is 0. The van der Waals surface area contributed by atoms with Crippen LogP contribution >= 0.6 is 0 Å². The van der Waals surface area contributed by atoms with E-state index in [1.54, 1.807) is 12.1 Å². The van der Waals surface area contributed by atoms with Gasteiger partial charge in [-0.1, -0.05) is 25.1 Å². The maximum absolute atomic E-state index is 13.0. The van der Waals surface area contributed by atoms with Crippen LogP contribution in [0.1, 0.15) is 25.6 Å². The van der Waals surface area contributed by atoms with Gasteiger partial charge in [-0.05, 0) is 18.1 Å². The summed E-state index contributed by atoms with van der Waals surface area (Å²) in [5, 5.41) is 6.35. The van der Waals surface area contributed by atoms with Crippen molar-refractivity contribution in [2.24, 2.45) is 11.7 Å². The zero-order valence-electron chi connectivity index (χ0n) is 13.0. The zero-order valence-corrected chi connectivity index (χ0v) is 13.0. The van der Waals surface area contributed by atoms with Gasteiger partial charge in [0.2, 0.25) is 17.6 Å². The number of amides is 1. The molecule has 3 N–H and O–H groups in total. The molecule has 1 atom stereocenters. The van der Waals surface area contributed by atoms with E-state index in [2.05, 4.69) is 15.5 Å². The minimum absolute atomic E-state index is 0.0341. The molecule has 1 heterocycles. The number of nitrogens with two attached hydrogens (primary N) is 1. The highest BCUT2D eigenvalue weighted by Gasteiger charge is 2.17. The molecule has 0 spiro atoms. The molecule has 0 aliphatic rings. The van der Waals surface area contributed by atoms with Crippen molar-refractivity contribution in [2.75, 3.05) is 0 Å². The van der Waals surface area contributed by atoms with Crippen molar-refractivity contribution in [3.05, 3.63) is 41.8 Å². The van der Waals surface area contributed by atoms with Crippen LogP contribution in [-0.4, -0.2) is 22.1 Å². The van der Waals surface area contributed by atoms with Gasteiger partial charge in [-0.2, -0.15) is 4.98 Å². The summed E-state index contributed by atoms with van der Waals surface area (Å²) in [6.45, 7) is 3.84. The Morgan fingerprint density at radius 1 is 1.48 bits per heavy atom. The van der Waals surface area contributed by atoms with Crippen LogP contribution in [0.15, 0.2) is 28.8 Å². The third kappa shape index (κ3) is 5.03. The summed E-state index contributed by atoms with van der Waals surface area (Å²) in [5.41, 5.74) is 5.72. The Bertz CT molecular complexity index is 660. The van der Waals surface area contributed by atoms with Gasteiger partial charge in [-0.3, -0.25) is 4.79 Å². The molecular formula is C15H19FN4O3. The Labute approximate surface area is 133 Å². The molecule has 23 heavy (non-hydrogen) atoms. The van der Waals surface area contributed by atoms with E-state index in [1.807, 2.05) is 13.8 Å². The van der Waals surface area contributed by atoms with E-state index in [0.717, 1.165) is 0 Å². The molecule has 2 aromatic rings. The number of carbonyl (C=O) groups excluding carboxylic acids is 1. The molecule has 0 bridgehead atoms. The Kier molecular flexibility index (Phi) is 5.64. The quantitative estimate of drug-likeness (QED) is 0.798. The summed E-state index contributed by atoms with van der Waals surface area (Å²) in [5.74, 6) is 0.274. The fraction of sp³-hybridized carbons (Fsp3) is 0.400. The van der Waals surface area contributed by atoms with Crippen LogP contribution in [0.4, 0.5) is 4.39 Å². The van der Waals surface area contributed by atoms with Gasteiger partial charge in [0.25, 0.3) is 0 Å². The first-order valence-electron chi connectivity index (χ1n) is 7.19. The summed E-state index contributed by atoms with van der Waals surface area (Å²) < 4.78 is 23.4. The number of hydrogen-bond acceptors (Lipinski definition) is 6. The van der Waals surface area contributed by atoms with Gasteiger partial charge in [-0.15, -0.1) is 0 Å². The highest BCUT2D eigenvalue weighted by Crippen LogP contribution is 2.13. The zero-order chi connectivity index (χ0) is 16.8. The van der Waals surface area contributed by atoms with Crippen LogP contribution in [0.2, 0.25) is 0 Å². The van der Waals surface area contributed by atoms with Crippen molar-refractivity contribution < 1.29 is 18.4 Å². The molecule has 0 unspecified atom stereocenters. The lowest BCUT2D eigenvalue weighted by atomic mass is 10.1. The van der Waals surface area contributed by atoms with Crippen molar-refractivity contribution in [1.82, 2.24) is 15.5 Å². The molecule has 124 valence electrons. The fourth-order valence-electron chi connectivity index (χ4n) is 1.71. The van der Waals surface area contributed by atoms with Crippen LogP contribution in [0.25, 0.3) is 0 Å². The molecule has 0 fully saturated rings. The number of benzene rings is 1. The van der Waals surface area contributed by atoms with Crippen LogP contribution in [0, 0.1) is 11.7 Å². The number of hydrogen-bond donors (Lipinski definition) is 2. The average molecular weight is 322 g/mol. The van der Waals surface area contributed by atoms with Crippen LogP contribution in [0.3, 0.4) is 0 Å². The van der Waals surface area contributed by atoms with Gasteiger partial charge in [-0.25, -0.2) is 4.39 Å². The Hall–Kier alpha value is -2.48. The Morgan fingerprint density at radius 2 is 2.26 bits per heavy atom. The molecule has 0 saturated heterocycles. The molecule has 1 aromatic heterocycles. The first-order chi connectivity index (χ1) is 11.0. The second-order valence-corrected chi connectivity index (χ2v) is 5.34. The normalized spacial score (nSPS) is 12.2. The number of ether oxygens (including phenoxy) is 1. The van der Waals surface area contributed by atoms with Crippen LogP contribution in [-0.2, 0) is 17.9 Å². The molecule has 0 saturated carbocycles. The van der Waals surface area contributed by atoms with E-state index in [1.165, 1.54) is 12.1 Å². The predicted molar refractivity (Wildman–Crippen MR) is 79.7 cm³/mol. The van der Waals surface area contributed by atoms with Crippen LogP contribution < -0.4 is 15.8 Å². The molecule has 1 amide bonds. The Morgan fingerprint density at radius 3 is 2.96 bits per heavy atom. The molecule has 8 heteroatoms. The average Bonchev–Trinajstić information content (AvgIpc) is 2.98. The lowest BCUT2D eigenvalue weighted by Crippen LogP contribution is -2.43. The maximum atomic E-state index is 13.0. The second-order valence-electron chi connectivity index (χ2n) is 5.34. The minimum atomic E-state index is -0.589. The second kappa shape index (κ2) is 7.68. The number of nitrogens with one attached hydrogen (secondary N) is 1. The highest BCUT2D eigenvalue weighted by molar-refractivity contribution is 5.81. The first kappa shape index (κ1) is 16.9. The first-order valence-corrected chi connectivity index (χ1v) is 7.19. The maximum Gasteiger partial charge on any atom is 0.246 e. The molecule has 1 aromatic carbocycles. The summed E-state index contributed by atoms with van der Waals surface area (Å²) in [6, 6.07) is 5.16. The van der Waals surface area contributed by atoms with Gasteiger partial charge >= 0.3 is 0 Å². The van der Waals surface area contributed by atoms with Crippen LogP contribution in [0.5, 0.6) is 5.75 Å². The van der Waals surface area contributed by atoms with Crippen molar-refractivity contribution in [1.29, 1.82) is 0 Å². The molecule has 0 radical (unpaired) electrons. The molecule has 0 aliphatic heterocycles. The lowest BCUT2D eigenvalue weighted by Gasteiger charge is -2.14. The van der Waals surface area contributed by atoms with Gasteiger partial charge < -0.3 is 20.3 Å². The monoisotopic (exact) mass is 322 g/mol. The van der Waals surface area contributed by atoms with E-state index < -0.39 is 6.04 Å². The van der Waals surface area contributed by atoms with Gasteiger partial charge in [0, 0.05) is 6.07 Å². The molecule has 2 rings (SSSR count).